The molecular formula is C15H28N2O2. The molecule has 2 heterocycles. The van der Waals surface area contributed by atoms with Crippen molar-refractivity contribution in [2.75, 3.05) is 6.61 Å². The number of carbonyl (C=O) groups is 1. The number of hydrogen-bond donors (Lipinski definition) is 1. The van der Waals surface area contributed by atoms with Crippen molar-refractivity contribution < 1.29 is 9.53 Å². The molecule has 19 heavy (non-hydrogen) atoms. The summed E-state index contributed by atoms with van der Waals surface area (Å²) >= 11 is 0. The molecule has 0 aromatic heterocycles. The highest BCUT2D eigenvalue weighted by Crippen LogP contribution is 2.34. The summed E-state index contributed by atoms with van der Waals surface area (Å²) in [6, 6.07) is 0.307. The molecule has 2 aliphatic rings. The summed E-state index contributed by atoms with van der Waals surface area (Å²) in [6.45, 7) is 11.2. The lowest BCUT2D eigenvalue weighted by atomic mass is 9.91. The van der Waals surface area contributed by atoms with Gasteiger partial charge >= 0.3 is 0 Å². The Hall–Kier alpha value is -0.610. The number of carbonyl (C=O) groups excluding carboxylic acids is 1. The number of hydrogen-bond acceptors (Lipinski definition) is 3. The molecule has 1 amide bonds. The molecule has 1 N–H and O–H groups in total. The van der Waals surface area contributed by atoms with Crippen molar-refractivity contribution in [3.63, 3.8) is 0 Å². The molecule has 2 saturated heterocycles. The predicted molar refractivity (Wildman–Crippen MR) is 75.8 cm³/mol. The van der Waals surface area contributed by atoms with Gasteiger partial charge in [0.15, 0.2) is 0 Å². The molecule has 4 heteroatoms. The summed E-state index contributed by atoms with van der Waals surface area (Å²) in [4.78, 5) is 14.9. The minimum absolute atomic E-state index is 0.118. The van der Waals surface area contributed by atoms with E-state index in [0.717, 1.165) is 32.3 Å². The first-order valence-corrected chi connectivity index (χ1v) is 7.57. The Morgan fingerprint density at radius 2 is 2.05 bits per heavy atom. The molecule has 0 aliphatic carbocycles. The van der Waals surface area contributed by atoms with Crippen molar-refractivity contribution in [1.29, 1.82) is 0 Å². The van der Waals surface area contributed by atoms with E-state index >= 15 is 0 Å². The fourth-order valence-corrected chi connectivity index (χ4v) is 3.33. The van der Waals surface area contributed by atoms with Crippen LogP contribution in [0.25, 0.3) is 0 Å². The third-order valence-corrected chi connectivity index (χ3v) is 4.69. The van der Waals surface area contributed by atoms with Gasteiger partial charge in [0, 0.05) is 12.6 Å². The van der Waals surface area contributed by atoms with Gasteiger partial charge in [-0.3, -0.25) is 10.1 Å². The SMILES string of the molecule is CCC1NC(C)(CC)C(=O)N1C1CCOC(C)(C)C1. The molecule has 0 spiro atoms. The molecule has 0 aromatic carbocycles. The molecule has 2 rings (SSSR count). The van der Waals surface area contributed by atoms with E-state index in [9.17, 15) is 4.79 Å². The largest absolute Gasteiger partial charge is 0.375 e. The van der Waals surface area contributed by atoms with E-state index in [1.165, 1.54) is 0 Å². The molecule has 3 atom stereocenters. The Morgan fingerprint density at radius 1 is 1.37 bits per heavy atom. The summed E-state index contributed by atoms with van der Waals surface area (Å²) in [5.41, 5.74) is -0.504. The molecule has 0 bridgehead atoms. The van der Waals surface area contributed by atoms with Gasteiger partial charge in [0.1, 0.15) is 0 Å². The lowest BCUT2D eigenvalue weighted by molar-refractivity contribution is -0.141. The van der Waals surface area contributed by atoms with E-state index in [-0.39, 0.29) is 23.2 Å². The maximum absolute atomic E-state index is 12.8. The summed E-state index contributed by atoms with van der Waals surface area (Å²) in [7, 11) is 0. The minimum atomic E-state index is -0.386. The van der Waals surface area contributed by atoms with Crippen LogP contribution in [0.15, 0.2) is 0 Å². The molecule has 110 valence electrons. The highest BCUT2D eigenvalue weighted by molar-refractivity contribution is 5.88. The first kappa shape index (κ1) is 14.8. The van der Waals surface area contributed by atoms with E-state index in [1.54, 1.807) is 0 Å². The van der Waals surface area contributed by atoms with E-state index < -0.39 is 0 Å². The Kier molecular flexibility index (Phi) is 3.94. The fourth-order valence-electron chi connectivity index (χ4n) is 3.33. The van der Waals surface area contributed by atoms with Crippen LogP contribution >= 0.6 is 0 Å². The van der Waals surface area contributed by atoms with Gasteiger partial charge < -0.3 is 9.64 Å². The molecule has 2 aliphatic heterocycles. The van der Waals surface area contributed by atoms with E-state index in [2.05, 4.69) is 37.9 Å². The van der Waals surface area contributed by atoms with Crippen molar-refractivity contribution in [1.82, 2.24) is 10.2 Å². The van der Waals surface area contributed by atoms with Crippen LogP contribution in [0.5, 0.6) is 0 Å². The van der Waals surface area contributed by atoms with Crippen molar-refractivity contribution in [3.05, 3.63) is 0 Å². The zero-order chi connectivity index (χ0) is 14.3. The van der Waals surface area contributed by atoms with Crippen LogP contribution in [0.2, 0.25) is 0 Å². The van der Waals surface area contributed by atoms with Gasteiger partial charge in [-0.1, -0.05) is 13.8 Å². The van der Waals surface area contributed by atoms with Gasteiger partial charge in [-0.15, -0.1) is 0 Å². The summed E-state index contributed by atoms with van der Waals surface area (Å²) in [6.07, 6.45) is 3.85. The maximum Gasteiger partial charge on any atom is 0.244 e. The van der Waals surface area contributed by atoms with Crippen LogP contribution < -0.4 is 5.32 Å². The van der Waals surface area contributed by atoms with Crippen molar-refractivity contribution >= 4 is 5.91 Å². The first-order valence-electron chi connectivity index (χ1n) is 7.57. The number of amides is 1. The zero-order valence-electron chi connectivity index (χ0n) is 13.0. The highest BCUT2D eigenvalue weighted by Gasteiger charge is 2.49. The average Bonchev–Trinajstić information content (AvgIpc) is 2.61. The summed E-state index contributed by atoms with van der Waals surface area (Å²) in [5.74, 6) is 0.268. The molecule has 2 fully saturated rings. The molecule has 3 unspecified atom stereocenters. The highest BCUT2D eigenvalue weighted by atomic mass is 16.5. The first-order chi connectivity index (χ1) is 8.83. The molecule has 4 nitrogen and oxygen atoms in total. The second kappa shape index (κ2) is 5.06. The van der Waals surface area contributed by atoms with Crippen LogP contribution in [0.4, 0.5) is 0 Å². The number of ether oxygens (including phenoxy) is 1. The fraction of sp³-hybridized carbons (Fsp3) is 0.933. The molecule has 0 aromatic rings. The quantitative estimate of drug-likeness (QED) is 0.854. The maximum atomic E-state index is 12.8. The summed E-state index contributed by atoms with van der Waals surface area (Å²) in [5, 5.41) is 3.53. The van der Waals surface area contributed by atoms with E-state index in [0.29, 0.717) is 6.04 Å². The topological polar surface area (TPSA) is 41.6 Å². The Labute approximate surface area is 116 Å². The smallest absolute Gasteiger partial charge is 0.244 e. The summed E-state index contributed by atoms with van der Waals surface area (Å²) < 4.78 is 5.78. The van der Waals surface area contributed by atoms with Gasteiger partial charge in [-0.25, -0.2) is 0 Å². The van der Waals surface area contributed by atoms with Gasteiger partial charge in [-0.2, -0.15) is 0 Å². The van der Waals surface area contributed by atoms with Gasteiger partial charge in [-0.05, 0) is 46.5 Å². The number of nitrogens with one attached hydrogen (secondary N) is 1. The minimum Gasteiger partial charge on any atom is -0.375 e. The number of nitrogens with zero attached hydrogens (tertiary/aromatic N) is 1. The molecular weight excluding hydrogens is 240 g/mol. The second-order valence-electron chi connectivity index (χ2n) is 6.72. The van der Waals surface area contributed by atoms with E-state index in [1.807, 2.05) is 6.92 Å². The van der Waals surface area contributed by atoms with Crippen LogP contribution in [-0.4, -0.2) is 40.8 Å². The Morgan fingerprint density at radius 3 is 2.58 bits per heavy atom. The third kappa shape index (κ3) is 2.65. The second-order valence-corrected chi connectivity index (χ2v) is 6.72. The zero-order valence-corrected chi connectivity index (χ0v) is 13.0. The van der Waals surface area contributed by atoms with Crippen molar-refractivity contribution in [2.24, 2.45) is 0 Å². The van der Waals surface area contributed by atoms with Gasteiger partial charge in [0.25, 0.3) is 0 Å². The van der Waals surface area contributed by atoms with Crippen LogP contribution in [0.3, 0.4) is 0 Å². The van der Waals surface area contributed by atoms with E-state index in [4.69, 9.17) is 4.74 Å². The van der Waals surface area contributed by atoms with Gasteiger partial charge in [0.2, 0.25) is 5.91 Å². The van der Waals surface area contributed by atoms with Crippen LogP contribution in [0, 0.1) is 0 Å². The lowest BCUT2D eigenvalue weighted by Crippen LogP contribution is -2.51. The van der Waals surface area contributed by atoms with Crippen LogP contribution in [0.1, 0.15) is 60.3 Å². The Balaban J connectivity index is 2.20. The monoisotopic (exact) mass is 268 g/mol. The lowest BCUT2D eigenvalue weighted by Gasteiger charge is -2.41. The van der Waals surface area contributed by atoms with Crippen LogP contribution in [-0.2, 0) is 9.53 Å². The molecule has 0 saturated carbocycles. The van der Waals surface area contributed by atoms with Crippen molar-refractivity contribution in [2.45, 2.75) is 83.6 Å². The predicted octanol–water partition coefficient (Wildman–Crippen LogP) is 2.28. The third-order valence-electron chi connectivity index (χ3n) is 4.69. The van der Waals surface area contributed by atoms with Crippen molar-refractivity contribution in [3.8, 4) is 0 Å². The number of rotatable bonds is 3. The average molecular weight is 268 g/mol. The Bertz CT molecular complexity index is 356. The van der Waals surface area contributed by atoms with Gasteiger partial charge in [0.05, 0.1) is 17.3 Å². The standard InChI is InChI=1S/C15H28N2O2/c1-6-12-16-15(5,7-2)13(18)17(12)11-8-9-19-14(3,4)10-11/h11-12,16H,6-10H2,1-5H3. The molecule has 0 radical (unpaired) electrons. The normalized spacial score (nSPS) is 38.8.